The first-order valence-electron chi connectivity index (χ1n) is 7.17. The highest BCUT2D eigenvalue weighted by atomic mass is 14.2. The van der Waals surface area contributed by atoms with Gasteiger partial charge >= 0.3 is 0 Å². The van der Waals surface area contributed by atoms with Gasteiger partial charge in [-0.05, 0) is 39.6 Å². The van der Waals surface area contributed by atoms with Crippen LogP contribution in [0.2, 0.25) is 0 Å². The lowest BCUT2D eigenvalue weighted by atomic mass is 9.86. The smallest absolute Gasteiger partial charge is 0.00620 e. The van der Waals surface area contributed by atoms with Gasteiger partial charge in [-0.1, -0.05) is 72.8 Å². The molecule has 1 unspecified atom stereocenters. The molecule has 0 saturated heterocycles. The lowest BCUT2D eigenvalue weighted by Gasteiger charge is -2.18. The monoisotopic (exact) mass is 256 g/mol. The van der Waals surface area contributed by atoms with Crippen molar-refractivity contribution in [3.05, 3.63) is 84.5 Å². The average molecular weight is 256 g/mol. The van der Waals surface area contributed by atoms with E-state index in [-0.39, 0.29) is 0 Å². The third-order valence-corrected chi connectivity index (χ3v) is 4.18. The zero-order valence-electron chi connectivity index (χ0n) is 11.3. The fourth-order valence-electron chi connectivity index (χ4n) is 3.20. The third-order valence-electron chi connectivity index (χ3n) is 4.18. The number of fused-ring (bicyclic) bond motifs is 3. The van der Waals surface area contributed by atoms with E-state index in [2.05, 4.69) is 78.9 Å². The molecule has 20 heavy (non-hydrogen) atoms. The molecule has 0 heterocycles. The topological polar surface area (TPSA) is 0 Å². The number of hydrogen-bond donors (Lipinski definition) is 0. The maximum Gasteiger partial charge on any atom is 0.00620 e. The van der Waals surface area contributed by atoms with Gasteiger partial charge in [0.05, 0.1) is 0 Å². The van der Waals surface area contributed by atoms with Crippen molar-refractivity contribution in [3.63, 3.8) is 0 Å². The largest absolute Gasteiger partial charge is 0.0836 e. The first kappa shape index (κ1) is 11.5. The lowest BCUT2D eigenvalue weighted by Crippen LogP contribution is -1.98. The number of allylic oxidation sites excluding steroid dienone is 4. The van der Waals surface area contributed by atoms with E-state index in [0.717, 1.165) is 6.42 Å². The summed E-state index contributed by atoms with van der Waals surface area (Å²) in [5.74, 6) is 0.495. The fraction of sp³-hybridized carbons (Fsp3) is 0.100. The van der Waals surface area contributed by atoms with Crippen LogP contribution in [0.4, 0.5) is 0 Å². The van der Waals surface area contributed by atoms with Crippen LogP contribution in [0.15, 0.2) is 78.9 Å². The first-order chi connectivity index (χ1) is 9.93. The molecule has 4 rings (SSSR count). The second-order valence-electron chi connectivity index (χ2n) is 5.39. The fourth-order valence-corrected chi connectivity index (χ4v) is 3.20. The van der Waals surface area contributed by atoms with Crippen LogP contribution in [0.5, 0.6) is 0 Å². The van der Waals surface area contributed by atoms with Crippen molar-refractivity contribution in [2.75, 3.05) is 0 Å². The molecule has 3 aromatic rings. The Morgan fingerprint density at radius 3 is 2.30 bits per heavy atom. The summed E-state index contributed by atoms with van der Waals surface area (Å²) in [6.07, 6.45) is 9.97. The van der Waals surface area contributed by atoms with Crippen LogP contribution in [-0.4, -0.2) is 0 Å². The van der Waals surface area contributed by atoms with Gasteiger partial charge < -0.3 is 0 Å². The Kier molecular flexibility index (Phi) is 2.67. The number of hydrogen-bond acceptors (Lipinski definition) is 0. The summed E-state index contributed by atoms with van der Waals surface area (Å²) < 4.78 is 0. The van der Waals surface area contributed by atoms with Crippen molar-refractivity contribution in [1.29, 1.82) is 0 Å². The summed E-state index contributed by atoms with van der Waals surface area (Å²) in [5, 5.41) is 5.44. The Morgan fingerprint density at radius 1 is 0.750 bits per heavy atom. The van der Waals surface area contributed by atoms with Gasteiger partial charge in [-0.25, -0.2) is 0 Å². The third kappa shape index (κ3) is 1.77. The molecule has 1 atom stereocenters. The predicted octanol–water partition coefficient (Wildman–Crippen LogP) is 5.59. The van der Waals surface area contributed by atoms with Crippen molar-refractivity contribution in [2.45, 2.75) is 12.3 Å². The highest BCUT2D eigenvalue weighted by Gasteiger charge is 2.13. The van der Waals surface area contributed by atoms with E-state index in [0.29, 0.717) is 5.92 Å². The predicted molar refractivity (Wildman–Crippen MR) is 87.1 cm³/mol. The van der Waals surface area contributed by atoms with Gasteiger partial charge in [-0.2, -0.15) is 0 Å². The van der Waals surface area contributed by atoms with Gasteiger partial charge in [0.25, 0.3) is 0 Å². The summed E-state index contributed by atoms with van der Waals surface area (Å²) in [6.45, 7) is 0. The molecule has 0 radical (unpaired) electrons. The molecule has 96 valence electrons. The van der Waals surface area contributed by atoms with Crippen LogP contribution >= 0.6 is 0 Å². The van der Waals surface area contributed by atoms with Gasteiger partial charge in [0.15, 0.2) is 0 Å². The van der Waals surface area contributed by atoms with Gasteiger partial charge in [0.2, 0.25) is 0 Å². The van der Waals surface area contributed by atoms with Crippen LogP contribution in [0, 0.1) is 0 Å². The highest BCUT2D eigenvalue weighted by molar-refractivity contribution is 6.09. The van der Waals surface area contributed by atoms with Crippen LogP contribution in [-0.2, 0) is 0 Å². The molecule has 0 heteroatoms. The highest BCUT2D eigenvalue weighted by Crippen LogP contribution is 2.35. The van der Waals surface area contributed by atoms with Gasteiger partial charge in [-0.15, -0.1) is 0 Å². The summed E-state index contributed by atoms with van der Waals surface area (Å²) >= 11 is 0. The standard InChI is InChI=1S/C20H16/c1-2-8-15(9-3-1)20-14-16-10-4-5-11-17(16)18-12-6-7-13-19(18)20/h1-8,10-15H,9H2. The maximum atomic E-state index is 2.37. The molecule has 0 spiro atoms. The van der Waals surface area contributed by atoms with Crippen molar-refractivity contribution in [3.8, 4) is 0 Å². The van der Waals surface area contributed by atoms with Crippen LogP contribution in [0.25, 0.3) is 21.5 Å². The van der Waals surface area contributed by atoms with Gasteiger partial charge in [0, 0.05) is 5.92 Å². The second-order valence-corrected chi connectivity index (χ2v) is 5.39. The second kappa shape index (κ2) is 4.64. The van der Waals surface area contributed by atoms with Crippen molar-refractivity contribution in [1.82, 2.24) is 0 Å². The molecular formula is C20H16. The minimum absolute atomic E-state index is 0.495. The lowest BCUT2D eigenvalue weighted by molar-refractivity contribution is 0.863. The Balaban J connectivity index is 2.07. The molecule has 0 amide bonds. The molecule has 3 aromatic carbocycles. The molecule has 0 fully saturated rings. The van der Waals surface area contributed by atoms with E-state index in [9.17, 15) is 0 Å². The molecule has 0 N–H and O–H groups in total. The molecular weight excluding hydrogens is 240 g/mol. The Hall–Kier alpha value is -2.34. The normalized spacial score (nSPS) is 17.9. The summed E-state index contributed by atoms with van der Waals surface area (Å²) in [5.41, 5.74) is 1.44. The van der Waals surface area contributed by atoms with Gasteiger partial charge in [-0.3, -0.25) is 0 Å². The molecule has 0 saturated carbocycles. The average Bonchev–Trinajstić information content (AvgIpc) is 2.55. The molecule has 0 aromatic heterocycles. The van der Waals surface area contributed by atoms with Crippen molar-refractivity contribution in [2.24, 2.45) is 0 Å². The van der Waals surface area contributed by atoms with Crippen molar-refractivity contribution < 1.29 is 0 Å². The van der Waals surface area contributed by atoms with E-state index in [4.69, 9.17) is 0 Å². The van der Waals surface area contributed by atoms with Crippen LogP contribution in [0.1, 0.15) is 17.9 Å². The minimum atomic E-state index is 0.495. The van der Waals surface area contributed by atoms with Crippen molar-refractivity contribution >= 4 is 21.5 Å². The molecule has 1 aliphatic rings. The van der Waals surface area contributed by atoms with E-state index < -0.39 is 0 Å². The SMILES string of the molecule is C1=CCC(c2cc3ccccc3c3ccccc23)C=C1. The maximum absolute atomic E-state index is 2.37. The molecule has 1 aliphatic carbocycles. The van der Waals surface area contributed by atoms with Crippen LogP contribution < -0.4 is 0 Å². The zero-order chi connectivity index (χ0) is 13.4. The van der Waals surface area contributed by atoms with E-state index in [1.807, 2.05) is 0 Å². The van der Waals surface area contributed by atoms with Crippen LogP contribution in [0.3, 0.4) is 0 Å². The minimum Gasteiger partial charge on any atom is -0.0836 e. The first-order valence-corrected chi connectivity index (χ1v) is 7.17. The van der Waals surface area contributed by atoms with E-state index >= 15 is 0 Å². The van der Waals surface area contributed by atoms with Gasteiger partial charge in [0.1, 0.15) is 0 Å². The number of benzene rings is 3. The number of rotatable bonds is 1. The molecule has 0 aliphatic heterocycles. The molecule has 0 nitrogen and oxygen atoms in total. The molecule has 0 bridgehead atoms. The zero-order valence-corrected chi connectivity index (χ0v) is 11.3. The summed E-state index contributed by atoms with van der Waals surface area (Å²) in [7, 11) is 0. The Morgan fingerprint density at radius 2 is 1.50 bits per heavy atom. The van der Waals surface area contributed by atoms with E-state index in [1.165, 1.54) is 27.1 Å². The quantitative estimate of drug-likeness (QED) is 0.498. The summed E-state index contributed by atoms with van der Waals surface area (Å²) in [4.78, 5) is 0. The van der Waals surface area contributed by atoms with E-state index in [1.54, 1.807) is 0 Å². The Labute approximate surface area is 119 Å². The summed E-state index contributed by atoms with van der Waals surface area (Å²) in [6, 6.07) is 19.8. The Bertz CT molecular complexity index is 837.